The number of allylic oxidation sites excluding steroid dienone is 4. The molecule has 0 unspecified atom stereocenters. The Hall–Kier alpha value is -2.21. The summed E-state index contributed by atoms with van der Waals surface area (Å²) in [6.45, 7) is 2.95. The Balaban J connectivity index is 4.13. The van der Waals surface area contributed by atoms with Gasteiger partial charge < -0.3 is 15.2 Å². The summed E-state index contributed by atoms with van der Waals surface area (Å²) in [5.41, 5.74) is 0.249. The van der Waals surface area contributed by atoms with Crippen molar-refractivity contribution in [1.82, 2.24) is 5.32 Å². The van der Waals surface area contributed by atoms with E-state index in [-0.39, 0.29) is 37.0 Å². The maximum absolute atomic E-state index is 11.8. The molecule has 0 aromatic heterocycles. The molecule has 0 bridgehead atoms. The fourth-order valence-corrected chi connectivity index (χ4v) is 1.62. The highest BCUT2D eigenvalue weighted by molar-refractivity contribution is 5.95. The molecule has 0 rings (SSSR count). The molecule has 0 aliphatic carbocycles. The predicted octanol–water partition coefficient (Wildman–Crippen LogP) is 1.80. The molecule has 6 nitrogen and oxygen atoms in total. The van der Waals surface area contributed by atoms with Crippen molar-refractivity contribution in [3.05, 3.63) is 36.0 Å². The number of unbranched alkanes of at least 4 members (excludes halogenated alkanes) is 1. The molecule has 0 fully saturated rings. The number of carbonyl (C=O) groups is 3. The van der Waals surface area contributed by atoms with Gasteiger partial charge in [-0.25, -0.2) is 4.79 Å². The van der Waals surface area contributed by atoms with Crippen molar-refractivity contribution in [3.63, 3.8) is 0 Å². The summed E-state index contributed by atoms with van der Waals surface area (Å²) in [5.74, 6) is -0.983. The Labute approximate surface area is 136 Å². The molecule has 0 saturated carbocycles. The Kier molecular flexibility index (Phi) is 12.2. The number of aliphatic hydroxyl groups is 1. The second-order valence-electron chi connectivity index (χ2n) is 4.82. The summed E-state index contributed by atoms with van der Waals surface area (Å²) in [5, 5.41) is 11.0. The first-order chi connectivity index (χ1) is 11.0. The van der Waals surface area contributed by atoms with Gasteiger partial charge in [0.05, 0.1) is 6.61 Å². The number of hydrogen-bond acceptors (Lipinski definition) is 5. The van der Waals surface area contributed by atoms with E-state index in [2.05, 4.69) is 5.32 Å². The third-order valence-electron chi connectivity index (χ3n) is 2.71. The minimum Gasteiger partial charge on any atom is -0.441 e. The minimum atomic E-state index is -0.621. The zero-order chi connectivity index (χ0) is 17.5. The molecule has 0 aliphatic heterocycles. The molecular weight excluding hydrogens is 298 g/mol. The zero-order valence-electron chi connectivity index (χ0n) is 13.7. The zero-order valence-corrected chi connectivity index (χ0v) is 13.7. The van der Waals surface area contributed by atoms with Crippen LogP contribution in [-0.2, 0) is 19.1 Å². The van der Waals surface area contributed by atoms with Gasteiger partial charge in [0, 0.05) is 18.4 Å². The van der Waals surface area contributed by atoms with Gasteiger partial charge in [0.15, 0.2) is 6.73 Å². The summed E-state index contributed by atoms with van der Waals surface area (Å²) in [7, 11) is 0. The van der Waals surface area contributed by atoms with E-state index in [1.807, 2.05) is 0 Å². The van der Waals surface area contributed by atoms with E-state index in [1.54, 1.807) is 31.2 Å². The quantitative estimate of drug-likeness (QED) is 0.151. The Morgan fingerprint density at radius 3 is 2.57 bits per heavy atom. The van der Waals surface area contributed by atoms with Crippen LogP contribution in [0.2, 0.25) is 0 Å². The van der Waals surface area contributed by atoms with Crippen LogP contribution in [0, 0.1) is 0 Å². The summed E-state index contributed by atoms with van der Waals surface area (Å²) >= 11 is 0. The molecule has 0 aliphatic rings. The molecule has 0 heterocycles. The van der Waals surface area contributed by atoms with Gasteiger partial charge in [-0.1, -0.05) is 30.4 Å². The lowest BCUT2D eigenvalue weighted by Crippen LogP contribution is -2.28. The van der Waals surface area contributed by atoms with Crippen LogP contribution < -0.4 is 5.32 Å². The van der Waals surface area contributed by atoms with Crippen molar-refractivity contribution < 1.29 is 24.2 Å². The van der Waals surface area contributed by atoms with Gasteiger partial charge in [-0.05, 0) is 26.7 Å². The lowest BCUT2D eigenvalue weighted by atomic mass is 10.1. The highest BCUT2D eigenvalue weighted by Gasteiger charge is 2.12. The fourth-order valence-electron chi connectivity index (χ4n) is 1.62. The topological polar surface area (TPSA) is 92.7 Å². The van der Waals surface area contributed by atoms with Crippen LogP contribution >= 0.6 is 0 Å². The Morgan fingerprint density at radius 1 is 1.22 bits per heavy atom. The molecular formula is C17H25NO5. The summed E-state index contributed by atoms with van der Waals surface area (Å²) in [6.07, 6.45) is 9.98. The molecule has 2 N–H and O–H groups in total. The number of hydrogen-bond donors (Lipinski definition) is 2. The highest BCUT2D eigenvalue weighted by Crippen LogP contribution is 2.05. The van der Waals surface area contributed by atoms with E-state index in [0.717, 1.165) is 0 Å². The maximum Gasteiger partial charge on any atom is 0.336 e. The third kappa shape index (κ3) is 12.1. The molecule has 128 valence electrons. The summed E-state index contributed by atoms with van der Waals surface area (Å²) in [4.78, 5) is 34.5. The third-order valence-corrected chi connectivity index (χ3v) is 2.71. The number of Topliss-reactive ketones (excluding diaryl/α,β-unsaturated/α-hetero) is 1. The molecule has 0 atom stereocenters. The molecule has 6 heteroatoms. The highest BCUT2D eigenvalue weighted by atomic mass is 16.5. The molecule has 0 aromatic carbocycles. The number of aliphatic hydroxyl groups excluding tert-OH is 1. The van der Waals surface area contributed by atoms with Crippen LogP contribution in [0.4, 0.5) is 0 Å². The summed E-state index contributed by atoms with van der Waals surface area (Å²) in [6, 6.07) is 0. The van der Waals surface area contributed by atoms with E-state index < -0.39 is 5.97 Å². The molecule has 0 aromatic rings. The van der Waals surface area contributed by atoms with Crippen LogP contribution in [0.5, 0.6) is 0 Å². The number of ketones is 1. The van der Waals surface area contributed by atoms with Crippen molar-refractivity contribution in [3.8, 4) is 0 Å². The largest absolute Gasteiger partial charge is 0.441 e. The second-order valence-corrected chi connectivity index (χ2v) is 4.82. The van der Waals surface area contributed by atoms with Gasteiger partial charge in [-0.15, -0.1) is 0 Å². The Bertz CT molecular complexity index is 477. The number of carbonyl (C=O) groups excluding carboxylic acids is 3. The predicted molar refractivity (Wildman–Crippen MR) is 87.4 cm³/mol. The monoisotopic (exact) mass is 323 g/mol. The van der Waals surface area contributed by atoms with Gasteiger partial charge in [0.2, 0.25) is 5.91 Å². The average Bonchev–Trinajstić information content (AvgIpc) is 2.50. The van der Waals surface area contributed by atoms with Crippen molar-refractivity contribution in [2.75, 3.05) is 13.3 Å². The SMILES string of the molecule is C/C=C\C=C(/CC(C)=O)C(=O)OCNC(=O)CCC/C=C\CO. The van der Waals surface area contributed by atoms with Gasteiger partial charge >= 0.3 is 5.97 Å². The molecule has 23 heavy (non-hydrogen) atoms. The van der Waals surface area contributed by atoms with E-state index in [0.29, 0.717) is 19.3 Å². The van der Waals surface area contributed by atoms with Crippen molar-refractivity contribution in [1.29, 1.82) is 0 Å². The van der Waals surface area contributed by atoms with Crippen molar-refractivity contribution in [2.24, 2.45) is 0 Å². The minimum absolute atomic E-state index is 0.00564. The van der Waals surface area contributed by atoms with Gasteiger partial charge in [0.25, 0.3) is 0 Å². The second kappa shape index (κ2) is 13.5. The number of ether oxygens (including phenoxy) is 1. The number of amides is 1. The van der Waals surface area contributed by atoms with Gasteiger partial charge in [0.1, 0.15) is 5.78 Å². The average molecular weight is 323 g/mol. The standard InChI is InChI=1S/C17H25NO5/c1-3-4-9-15(12-14(2)20)17(22)23-13-18-16(21)10-7-5-6-8-11-19/h3-4,6,8-9,19H,5,7,10-13H2,1-2H3,(H,18,21)/b4-3-,8-6-,15-9+. The summed E-state index contributed by atoms with van der Waals surface area (Å²) < 4.78 is 4.95. The van der Waals surface area contributed by atoms with Crippen molar-refractivity contribution in [2.45, 2.75) is 39.5 Å². The van der Waals surface area contributed by atoms with E-state index >= 15 is 0 Å². The van der Waals surface area contributed by atoms with Crippen LogP contribution in [0.25, 0.3) is 0 Å². The lowest BCUT2D eigenvalue weighted by molar-refractivity contribution is -0.141. The molecule has 0 saturated heterocycles. The van der Waals surface area contributed by atoms with E-state index in [9.17, 15) is 14.4 Å². The number of nitrogens with one attached hydrogen (secondary N) is 1. The number of rotatable bonds is 11. The first kappa shape index (κ1) is 20.8. The normalized spacial score (nSPS) is 11.9. The van der Waals surface area contributed by atoms with Gasteiger partial charge in [-0.2, -0.15) is 0 Å². The Morgan fingerprint density at radius 2 is 1.96 bits per heavy atom. The van der Waals surface area contributed by atoms with Crippen LogP contribution in [0.3, 0.4) is 0 Å². The first-order valence-corrected chi connectivity index (χ1v) is 7.52. The van der Waals surface area contributed by atoms with Crippen LogP contribution in [-0.4, -0.2) is 36.1 Å². The lowest BCUT2D eigenvalue weighted by Gasteiger charge is -2.08. The number of esters is 1. The molecule has 0 radical (unpaired) electrons. The first-order valence-electron chi connectivity index (χ1n) is 7.52. The maximum atomic E-state index is 11.8. The van der Waals surface area contributed by atoms with Gasteiger partial charge in [-0.3, -0.25) is 9.59 Å². The van der Waals surface area contributed by atoms with E-state index in [1.165, 1.54) is 13.0 Å². The van der Waals surface area contributed by atoms with Crippen molar-refractivity contribution >= 4 is 17.7 Å². The fraction of sp³-hybridized carbons (Fsp3) is 0.471. The van der Waals surface area contributed by atoms with Crippen LogP contribution in [0.1, 0.15) is 39.5 Å². The van der Waals surface area contributed by atoms with E-state index in [4.69, 9.17) is 9.84 Å². The molecule has 0 spiro atoms. The smallest absolute Gasteiger partial charge is 0.336 e. The molecule has 1 amide bonds. The van der Waals surface area contributed by atoms with Crippen LogP contribution in [0.15, 0.2) is 36.0 Å².